The van der Waals surface area contributed by atoms with E-state index in [2.05, 4.69) is 0 Å². The maximum Gasteiger partial charge on any atom is 0.310 e. The van der Waals surface area contributed by atoms with Gasteiger partial charge in [-0.1, -0.05) is 0 Å². The zero-order valence-electron chi connectivity index (χ0n) is 15.5. The number of hydrogen-bond acceptors (Lipinski definition) is 5. The van der Waals surface area contributed by atoms with Gasteiger partial charge in [0.2, 0.25) is 5.78 Å². The second-order valence-corrected chi connectivity index (χ2v) is 7.06. The lowest BCUT2D eigenvalue weighted by molar-refractivity contribution is -0.142. The average Bonchev–Trinajstić information content (AvgIpc) is 3.12. The first-order valence-corrected chi connectivity index (χ1v) is 9.56. The fourth-order valence-corrected chi connectivity index (χ4v) is 3.92. The van der Waals surface area contributed by atoms with Gasteiger partial charge in [-0.25, -0.2) is 4.39 Å². The average molecular weight is 398 g/mol. The Hall–Kier alpha value is -2.99. The molecular weight excluding hydrogens is 379 g/mol. The van der Waals surface area contributed by atoms with Crippen LogP contribution in [0.4, 0.5) is 4.39 Å². The minimum Gasteiger partial charge on any atom is -0.497 e. The van der Waals surface area contributed by atoms with Crippen LogP contribution in [0.1, 0.15) is 27.7 Å². The minimum absolute atomic E-state index is 0.0718. The van der Waals surface area contributed by atoms with Crippen LogP contribution in [-0.2, 0) is 16.0 Å². The number of thiophene rings is 1. The molecular formula is C22H19FO4S. The highest BCUT2D eigenvalue weighted by Crippen LogP contribution is 2.35. The van der Waals surface area contributed by atoms with E-state index in [4.69, 9.17) is 9.47 Å². The van der Waals surface area contributed by atoms with Crippen LogP contribution in [0.15, 0.2) is 54.6 Å². The lowest BCUT2D eigenvalue weighted by Gasteiger charge is -2.05. The molecule has 4 nitrogen and oxygen atoms in total. The number of esters is 1. The topological polar surface area (TPSA) is 52.6 Å². The molecule has 0 bridgehead atoms. The van der Waals surface area contributed by atoms with Gasteiger partial charge in [0.25, 0.3) is 0 Å². The molecule has 0 saturated heterocycles. The van der Waals surface area contributed by atoms with E-state index in [0.717, 1.165) is 21.8 Å². The predicted molar refractivity (Wildman–Crippen MR) is 106 cm³/mol. The van der Waals surface area contributed by atoms with Gasteiger partial charge in [-0.3, -0.25) is 9.59 Å². The molecule has 0 aliphatic rings. The molecule has 0 spiro atoms. The lowest BCUT2D eigenvalue weighted by atomic mass is 10.0. The summed E-state index contributed by atoms with van der Waals surface area (Å²) in [4.78, 5) is 26.1. The third-order valence-corrected chi connectivity index (χ3v) is 5.36. The molecule has 0 atom stereocenters. The van der Waals surface area contributed by atoms with Gasteiger partial charge >= 0.3 is 5.97 Å². The second kappa shape index (κ2) is 8.80. The van der Waals surface area contributed by atoms with E-state index in [0.29, 0.717) is 17.0 Å². The summed E-state index contributed by atoms with van der Waals surface area (Å²) < 4.78 is 23.4. The van der Waals surface area contributed by atoms with Crippen molar-refractivity contribution in [1.29, 1.82) is 0 Å². The largest absolute Gasteiger partial charge is 0.497 e. The molecule has 3 rings (SSSR count). The molecule has 144 valence electrons. The summed E-state index contributed by atoms with van der Waals surface area (Å²) in [5, 5.41) is 0. The smallest absolute Gasteiger partial charge is 0.310 e. The Labute approximate surface area is 166 Å². The molecule has 2 aromatic carbocycles. The number of hydrogen-bond donors (Lipinski definition) is 0. The molecule has 0 fully saturated rings. The summed E-state index contributed by atoms with van der Waals surface area (Å²) >= 11 is 1.30. The fraction of sp³-hybridized carbons (Fsp3) is 0.182. The molecule has 6 heteroatoms. The van der Waals surface area contributed by atoms with Crippen molar-refractivity contribution in [2.45, 2.75) is 13.3 Å². The Morgan fingerprint density at radius 3 is 2.32 bits per heavy atom. The lowest BCUT2D eigenvalue weighted by Crippen LogP contribution is -2.07. The molecule has 0 N–H and O–H groups in total. The van der Waals surface area contributed by atoms with Gasteiger partial charge in [0.05, 0.1) is 25.0 Å². The van der Waals surface area contributed by atoms with Crippen LogP contribution in [0, 0.1) is 5.82 Å². The third-order valence-electron chi connectivity index (χ3n) is 4.13. The Morgan fingerprint density at radius 1 is 1.04 bits per heavy atom. The van der Waals surface area contributed by atoms with Crippen molar-refractivity contribution in [3.63, 3.8) is 0 Å². The van der Waals surface area contributed by atoms with Crippen molar-refractivity contribution in [1.82, 2.24) is 0 Å². The maximum atomic E-state index is 13.1. The Bertz CT molecular complexity index is 975. The molecule has 0 unspecified atom stereocenters. The van der Waals surface area contributed by atoms with Crippen molar-refractivity contribution in [2.24, 2.45) is 0 Å². The number of carbonyl (C=O) groups excluding carboxylic acids is 2. The van der Waals surface area contributed by atoms with E-state index in [1.165, 1.54) is 35.6 Å². The number of benzene rings is 2. The summed E-state index contributed by atoms with van der Waals surface area (Å²) in [6.07, 6.45) is 0.0718. The zero-order chi connectivity index (χ0) is 20.1. The monoisotopic (exact) mass is 398 g/mol. The molecule has 3 aromatic rings. The van der Waals surface area contributed by atoms with Gasteiger partial charge in [-0.15, -0.1) is 11.3 Å². The molecule has 0 radical (unpaired) electrons. The predicted octanol–water partition coefficient (Wildman–Crippen LogP) is 4.90. The summed E-state index contributed by atoms with van der Waals surface area (Å²) in [6.45, 7) is 2.04. The van der Waals surface area contributed by atoms with E-state index in [1.54, 1.807) is 20.1 Å². The van der Waals surface area contributed by atoms with Crippen molar-refractivity contribution in [3.8, 4) is 16.2 Å². The van der Waals surface area contributed by atoms with Crippen LogP contribution in [0.2, 0.25) is 0 Å². The highest BCUT2D eigenvalue weighted by atomic mass is 32.1. The first kappa shape index (κ1) is 19.8. The van der Waals surface area contributed by atoms with Crippen molar-refractivity contribution >= 4 is 23.1 Å². The Morgan fingerprint density at radius 2 is 1.71 bits per heavy atom. The summed E-state index contributed by atoms with van der Waals surface area (Å²) in [5.74, 6) is -0.245. The number of ketones is 1. The van der Waals surface area contributed by atoms with Crippen LogP contribution in [0.25, 0.3) is 10.4 Å². The number of ether oxygens (including phenoxy) is 2. The highest BCUT2D eigenvalue weighted by molar-refractivity contribution is 7.17. The van der Waals surface area contributed by atoms with Gasteiger partial charge in [0.15, 0.2) is 0 Å². The molecule has 0 saturated carbocycles. The van der Waals surface area contributed by atoms with Crippen LogP contribution >= 0.6 is 11.3 Å². The van der Waals surface area contributed by atoms with Crippen LogP contribution in [0.3, 0.4) is 0 Å². The SMILES string of the molecule is CCOC(=O)Cc1cc(C(=O)c2ccc(F)cc2)sc1-c1ccc(OC)cc1. The zero-order valence-corrected chi connectivity index (χ0v) is 16.3. The number of rotatable bonds is 7. The Kier molecular flexibility index (Phi) is 6.21. The van der Waals surface area contributed by atoms with Crippen molar-refractivity contribution < 1.29 is 23.5 Å². The molecule has 1 heterocycles. The van der Waals surface area contributed by atoms with Gasteiger partial charge in [0, 0.05) is 10.4 Å². The van der Waals surface area contributed by atoms with E-state index in [-0.39, 0.29) is 18.2 Å². The standard InChI is InChI=1S/C22H19FO4S/c1-3-27-20(24)13-16-12-19(21(25)14-4-8-17(23)9-5-14)28-22(16)15-6-10-18(26-2)11-7-15/h4-12H,3,13H2,1-2H3. The third kappa shape index (κ3) is 4.46. The van der Waals surface area contributed by atoms with E-state index in [1.807, 2.05) is 24.3 Å². The van der Waals surface area contributed by atoms with Gasteiger partial charge in [-0.2, -0.15) is 0 Å². The van der Waals surface area contributed by atoms with E-state index >= 15 is 0 Å². The summed E-state index contributed by atoms with van der Waals surface area (Å²) in [7, 11) is 1.59. The molecule has 1 aromatic heterocycles. The summed E-state index contributed by atoms with van der Waals surface area (Å²) in [6, 6.07) is 14.5. The highest BCUT2D eigenvalue weighted by Gasteiger charge is 2.19. The maximum absolute atomic E-state index is 13.1. The van der Waals surface area contributed by atoms with Gasteiger partial charge < -0.3 is 9.47 Å². The van der Waals surface area contributed by atoms with Crippen molar-refractivity contribution in [3.05, 3.63) is 76.4 Å². The Balaban J connectivity index is 1.99. The molecule has 0 aliphatic carbocycles. The normalized spacial score (nSPS) is 10.5. The number of halogens is 1. The van der Waals surface area contributed by atoms with Crippen LogP contribution < -0.4 is 4.74 Å². The second-order valence-electron chi connectivity index (χ2n) is 6.01. The molecule has 28 heavy (non-hydrogen) atoms. The first-order chi connectivity index (χ1) is 13.5. The quantitative estimate of drug-likeness (QED) is 0.420. The molecule has 0 amide bonds. The van der Waals surface area contributed by atoms with Gasteiger partial charge in [0.1, 0.15) is 11.6 Å². The van der Waals surface area contributed by atoms with E-state index in [9.17, 15) is 14.0 Å². The first-order valence-electron chi connectivity index (χ1n) is 8.74. The van der Waals surface area contributed by atoms with Crippen molar-refractivity contribution in [2.75, 3.05) is 13.7 Å². The van der Waals surface area contributed by atoms with Crippen LogP contribution in [-0.4, -0.2) is 25.5 Å². The van der Waals surface area contributed by atoms with Crippen LogP contribution in [0.5, 0.6) is 5.75 Å². The van der Waals surface area contributed by atoms with Gasteiger partial charge in [-0.05, 0) is 72.6 Å². The number of methoxy groups -OCH3 is 1. The summed E-state index contributed by atoms with van der Waals surface area (Å²) in [5.41, 5.74) is 1.99. The van der Waals surface area contributed by atoms with E-state index < -0.39 is 5.82 Å². The number of carbonyl (C=O) groups is 2. The minimum atomic E-state index is -0.398. The molecule has 0 aliphatic heterocycles. The fourth-order valence-electron chi connectivity index (χ4n) is 2.77.